The van der Waals surface area contributed by atoms with Gasteiger partial charge in [0.1, 0.15) is 0 Å². The van der Waals surface area contributed by atoms with E-state index in [1.807, 2.05) is 0 Å². The first-order valence-corrected chi connectivity index (χ1v) is 10.4. The number of carbonyl (C=O) groups excluding carboxylic acids is 2. The summed E-state index contributed by atoms with van der Waals surface area (Å²) in [6.07, 6.45) is 0. The monoisotopic (exact) mass is 440 g/mol. The van der Waals surface area contributed by atoms with Crippen molar-refractivity contribution in [3.63, 3.8) is 0 Å². The molecule has 0 aromatic heterocycles. The largest absolute Gasteiger partial charge is 0.454 e. The zero-order valence-corrected chi connectivity index (χ0v) is 16.7. The first-order valence-electron chi connectivity index (χ1n) is 8.89. The molecule has 0 saturated heterocycles. The van der Waals surface area contributed by atoms with Gasteiger partial charge in [-0.15, -0.1) is 0 Å². The van der Waals surface area contributed by atoms with E-state index in [-0.39, 0.29) is 16.1 Å². The lowest BCUT2D eigenvalue weighted by Gasteiger charge is -2.12. The molecule has 3 aromatic rings. The Morgan fingerprint density at radius 1 is 0.935 bits per heavy atom. The molecule has 0 aliphatic heterocycles. The van der Waals surface area contributed by atoms with Gasteiger partial charge < -0.3 is 4.74 Å². The number of nitrogens with zero attached hydrogens (tertiary/aromatic N) is 1. The number of nitrogens with one attached hydrogen (secondary N) is 1. The summed E-state index contributed by atoms with van der Waals surface area (Å²) in [5, 5.41) is 10.9. The summed E-state index contributed by atoms with van der Waals surface area (Å²) in [6, 6.07) is 18.4. The van der Waals surface area contributed by atoms with Crippen LogP contribution in [-0.4, -0.2) is 31.7 Å². The highest BCUT2D eigenvalue weighted by Gasteiger charge is 2.22. The van der Waals surface area contributed by atoms with Crippen molar-refractivity contribution >= 4 is 33.2 Å². The van der Waals surface area contributed by atoms with Crippen LogP contribution in [0.4, 0.5) is 11.4 Å². The van der Waals surface area contributed by atoms with Gasteiger partial charge in [-0.2, -0.15) is 0 Å². The Balaban J connectivity index is 1.78. The SMILES string of the molecule is O=C(COC(=O)c1ccccc1NS(=O)(=O)c1cccc([N+](=O)[O-])c1)c1ccccc1. The summed E-state index contributed by atoms with van der Waals surface area (Å²) in [7, 11) is -4.23. The van der Waals surface area contributed by atoms with Crippen molar-refractivity contribution in [1.29, 1.82) is 0 Å². The lowest BCUT2D eigenvalue weighted by molar-refractivity contribution is -0.385. The number of benzene rings is 3. The van der Waals surface area contributed by atoms with Crippen LogP contribution >= 0.6 is 0 Å². The van der Waals surface area contributed by atoms with E-state index in [1.165, 1.54) is 36.4 Å². The van der Waals surface area contributed by atoms with Crippen molar-refractivity contribution in [3.8, 4) is 0 Å². The Hall–Kier alpha value is -4.05. The molecular formula is C21H16N2O7S. The Kier molecular flexibility index (Phi) is 6.41. The number of ether oxygens (including phenoxy) is 1. The molecule has 0 aliphatic rings. The number of sulfonamides is 1. The van der Waals surface area contributed by atoms with Gasteiger partial charge >= 0.3 is 5.97 Å². The summed E-state index contributed by atoms with van der Waals surface area (Å²) >= 11 is 0. The maximum atomic E-state index is 12.7. The van der Waals surface area contributed by atoms with E-state index in [9.17, 15) is 28.1 Å². The number of nitro groups is 1. The normalized spacial score (nSPS) is 10.8. The minimum absolute atomic E-state index is 0.0915. The first kappa shape index (κ1) is 21.7. The van der Waals surface area contributed by atoms with Gasteiger partial charge in [0.2, 0.25) is 0 Å². The van der Waals surface area contributed by atoms with E-state index in [2.05, 4.69) is 4.72 Å². The van der Waals surface area contributed by atoms with Crippen molar-refractivity contribution in [3.05, 3.63) is 100 Å². The molecule has 158 valence electrons. The average Bonchev–Trinajstić information content (AvgIpc) is 2.78. The molecule has 3 rings (SSSR count). The third kappa shape index (κ3) is 5.31. The van der Waals surface area contributed by atoms with E-state index in [1.54, 1.807) is 30.3 Å². The van der Waals surface area contributed by atoms with Gasteiger partial charge in [0, 0.05) is 17.7 Å². The fraction of sp³-hybridized carbons (Fsp3) is 0.0476. The molecule has 0 aliphatic carbocycles. The van der Waals surface area contributed by atoms with Crippen LogP contribution < -0.4 is 4.72 Å². The zero-order chi connectivity index (χ0) is 22.4. The van der Waals surface area contributed by atoms with Crippen molar-refractivity contribution < 1.29 is 27.7 Å². The number of hydrogen-bond acceptors (Lipinski definition) is 7. The lowest BCUT2D eigenvalue weighted by Crippen LogP contribution is -2.18. The van der Waals surface area contributed by atoms with Crippen LogP contribution in [0.25, 0.3) is 0 Å². The number of hydrogen-bond donors (Lipinski definition) is 1. The summed E-state index contributed by atoms with van der Waals surface area (Å²) in [5.74, 6) is -1.31. The van der Waals surface area contributed by atoms with Gasteiger partial charge in [-0.25, -0.2) is 13.2 Å². The van der Waals surface area contributed by atoms with Gasteiger partial charge in [-0.05, 0) is 18.2 Å². The van der Waals surface area contributed by atoms with E-state index in [0.29, 0.717) is 5.56 Å². The van der Waals surface area contributed by atoms with Gasteiger partial charge in [0.15, 0.2) is 12.4 Å². The van der Waals surface area contributed by atoms with Gasteiger partial charge in [-0.3, -0.25) is 19.6 Å². The molecule has 0 heterocycles. The molecule has 0 bridgehead atoms. The summed E-state index contributed by atoms with van der Waals surface area (Å²) in [4.78, 5) is 34.4. The lowest BCUT2D eigenvalue weighted by atomic mass is 10.1. The molecule has 31 heavy (non-hydrogen) atoms. The fourth-order valence-corrected chi connectivity index (χ4v) is 3.75. The second-order valence-corrected chi connectivity index (χ2v) is 7.95. The number of rotatable bonds is 8. The van der Waals surface area contributed by atoms with Crippen molar-refractivity contribution in [1.82, 2.24) is 0 Å². The first-order chi connectivity index (χ1) is 14.8. The molecule has 0 atom stereocenters. The van der Waals surface area contributed by atoms with Crippen molar-refractivity contribution in [2.45, 2.75) is 4.90 Å². The maximum absolute atomic E-state index is 12.7. The second-order valence-electron chi connectivity index (χ2n) is 6.27. The summed E-state index contributed by atoms with van der Waals surface area (Å²) in [5.41, 5.74) is -0.228. The predicted octanol–water partition coefficient (Wildman–Crippen LogP) is 3.44. The molecule has 0 spiro atoms. The van der Waals surface area contributed by atoms with Crippen molar-refractivity contribution in [2.75, 3.05) is 11.3 Å². The van der Waals surface area contributed by atoms with Crippen LogP contribution in [0.3, 0.4) is 0 Å². The number of non-ortho nitro benzene ring substituents is 1. The van der Waals surface area contributed by atoms with Crippen LogP contribution in [-0.2, 0) is 14.8 Å². The summed E-state index contributed by atoms with van der Waals surface area (Å²) < 4.78 is 32.6. The highest BCUT2D eigenvalue weighted by molar-refractivity contribution is 7.92. The molecule has 0 saturated carbocycles. The molecule has 0 amide bonds. The van der Waals surface area contributed by atoms with E-state index < -0.39 is 39.0 Å². The average molecular weight is 440 g/mol. The number of carbonyl (C=O) groups is 2. The Bertz CT molecular complexity index is 1240. The number of Topliss-reactive ketones (excluding diaryl/α,β-unsaturated/α-hetero) is 1. The fourth-order valence-electron chi connectivity index (χ4n) is 2.63. The number of anilines is 1. The molecule has 0 unspecified atom stereocenters. The van der Waals surface area contributed by atoms with Gasteiger partial charge in [-0.1, -0.05) is 48.5 Å². The standard InChI is InChI=1S/C21H16N2O7S/c24-20(15-7-2-1-3-8-15)14-30-21(25)18-11-4-5-12-19(18)22-31(28,29)17-10-6-9-16(13-17)23(26)27/h1-13,22H,14H2. The molecule has 10 heteroatoms. The smallest absolute Gasteiger partial charge is 0.340 e. The molecule has 9 nitrogen and oxygen atoms in total. The molecular weight excluding hydrogens is 424 g/mol. The Morgan fingerprint density at radius 3 is 2.32 bits per heavy atom. The van der Waals surface area contributed by atoms with E-state index >= 15 is 0 Å². The van der Waals surface area contributed by atoms with E-state index in [0.717, 1.165) is 12.1 Å². The van der Waals surface area contributed by atoms with Crippen molar-refractivity contribution in [2.24, 2.45) is 0 Å². The maximum Gasteiger partial charge on any atom is 0.340 e. The molecule has 0 fully saturated rings. The molecule has 0 radical (unpaired) electrons. The zero-order valence-electron chi connectivity index (χ0n) is 15.9. The molecule has 1 N–H and O–H groups in total. The number of nitro benzene ring substituents is 1. The Morgan fingerprint density at radius 2 is 1.61 bits per heavy atom. The second kappa shape index (κ2) is 9.18. The highest BCUT2D eigenvalue weighted by atomic mass is 32.2. The number of ketones is 1. The topological polar surface area (TPSA) is 133 Å². The predicted molar refractivity (Wildman–Crippen MR) is 111 cm³/mol. The van der Waals surface area contributed by atoms with Crippen LogP contribution in [0.2, 0.25) is 0 Å². The van der Waals surface area contributed by atoms with E-state index in [4.69, 9.17) is 4.74 Å². The number of para-hydroxylation sites is 1. The van der Waals surface area contributed by atoms with Gasteiger partial charge in [0.25, 0.3) is 15.7 Å². The number of esters is 1. The minimum Gasteiger partial charge on any atom is -0.454 e. The Labute approximate surface area is 177 Å². The quantitative estimate of drug-likeness (QED) is 0.245. The van der Waals surface area contributed by atoms with Crippen LogP contribution in [0.15, 0.2) is 83.8 Å². The third-order valence-corrected chi connectivity index (χ3v) is 5.52. The summed E-state index contributed by atoms with van der Waals surface area (Å²) in [6.45, 7) is -0.519. The molecule has 3 aromatic carbocycles. The van der Waals surface area contributed by atoms with Gasteiger partial charge in [0.05, 0.1) is 21.1 Å². The van der Waals surface area contributed by atoms with Crippen LogP contribution in [0, 0.1) is 10.1 Å². The third-order valence-electron chi connectivity index (χ3n) is 4.16. The minimum atomic E-state index is -4.23. The highest BCUT2D eigenvalue weighted by Crippen LogP contribution is 2.23. The van der Waals surface area contributed by atoms with Crippen LogP contribution in [0.5, 0.6) is 0 Å². The van der Waals surface area contributed by atoms with Crippen LogP contribution in [0.1, 0.15) is 20.7 Å².